The molecule has 5 atom stereocenters. The number of esters is 3. The minimum Gasteiger partial charge on any atom is -0.463 e. The van der Waals surface area contributed by atoms with Gasteiger partial charge in [0.25, 0.3) is 0 Å². The number of aliphatic hydroxyl groups excluding tert-OH is 2. The van der Waals surface area contributed by atoms with Crippen molar-refractivity contribution in [1.82, 2.24) is 0 Å². The van der Waals surface area contributed by atoms with Crippen LogP contribution in [0.15, 0.2) is 134 Å². The van der Waals surface area contributed by atoms with E-state index < -0.39 is 91.5 Å². The van der Waals surface area contributed by atoms with Crippen molar-refractivity contribution in [3.8, 4) is 0 Å². The monoisotopic (exact) mass is 1260 g/mol. The van der Waals surface area contributed by atoms with Gasteiger partial charge in [-0.1, -0.05) is 212 Å². The molecule has 496 valence electrons. The van der Waals surface area contributed by atoms with E-state index in [0.29, 0.717) is 19.3 Å². The Balaban J connectivity index is 4.79. The van der Waals surface area contributed by atoms with Crippen molar-refractivity contribution >= 4 is 33.6 Å². The first-order valence-corrected chi connectivity index (χ1v) is 35.5. The maximum atomic E-state index is 12.9. The topological polar surface area (TPSA) is 231 Å². The second-order valence-electron chi connectivity index (χ2n) is 21.1. The van der Waals surface area contributed by atoms with E-state index in [1.54, 1.807) is 0 Å². The molecule has 0 radical (unpaired) electrons. The van der Waals surface area contributed by atoms with E-state index in [-0.39, 0.29) is 19.3 Å². The molecule has 0 spiro atoms. The summed E-state index contributed by atoms with van der Waals surface area (Å²) >= 11 is 0. The Bertz CT molecular complexity index is 2120. The van der Waals surface area contributed by atoms with Gasteiger partial charge in [-0.25, -0.2) is 9.13 Å². The lowest BCUT2D eigenvalue weighted by atomic mass is 10.1. The summed E-state index contributed by atoms with van der Waals surface area (Å²) in [6.07, 6.45) is 70.7. The summed E-state index contributed by atoms with van der Waals surface area (Å²) in [6, 6.07) is 0. The summed E-state index contributed by atoms with van der Waals surface area (Å²) in [5, 5.41) is 20.5. The van der Waals surface area contributed by atoms with Crippen molar-refractivity contribution < 1.29 is 75.8 Å². The van der Waals surface area contributed by atoms with Gasteiger partial charge in [-0.15, -0.1) is 0 Å². The Labute approximate surface area is 525 Å². The Kier molecular flexibility index (Phi) is 58.8. The summed E-state index contributed by atoms with van der Waals surface area (Å²) in [4.78, 5) is 58.3. The zero-order valence-corrected chi connectivity index (χ0v) is 55.2. The number of phosphoric ester groups is 2. The molecule has 0 saturated carbocycles. The molecule has 18 heteroatoms. The van der Waals surface area contributed by atoms with Gasteiger partial charge in [0, 0.05) is 19.3 Å². The summed E-state index contributed by atoms with van der Waals surface area (Å²) in [7, 11) is -9.80. The quantitative estimate of drug-likeness (QED) is 0.0146. The van der Waals surface area contributed by atoms with E-state index in [2.05, 4.69) is 154 Å². The van der Waals surface area contributed by atoms with Crippen molar-refractivity contribution in [2.24, 2.45) is 0 Å². The van der Waals surface area contributed by atoms with Crippen LogP contribution < -0.4 is 0 Å². The van der Waals surface area contributed by atoms with E-state index in [0.717, 1.165) is 167 Å². The molecular formula is C69H114O16P2. The minimum absolute atomic E-state index is 0.0825. The van der Waals surface area contributed by atoms with Crippen LogP contribution in [-0.4, -0.2) is 95.9 Å². The van der Waals surface area contributed by atoms with Gasteiger partial charge in [0.05, 0.1) is 26.4 Å². The van der Waals surface area contributed by atoms with E-state index >= 15 is 0 Å². The standard InChI is InChI=1S/C69H114O16P2/c1-4-7-10-13-16-19-22-25-28-31-34-37-40-43-46-49-52-55-67(72)79-58-64(70)59-81-86(75,76)82-60-65(71)61-83-87(77,78)84-63-66(85-69(74)57-54-51-48-45-42-39-36-33-30-27-24-21-18-15-12-9-6-3)62-80-68(73)56-53-50-47-44-41-38-35-32-29-26-23-20-17-14-11-8-5-2/h7-12,16-21,25-30,34-35,37-38,64-66,70-71H,4-6,13-15,22-24,31-33,36,39-63H2,1-3H3,(H,75,76)(H,77,78)/b10-7-,11-8-,12-9-,19-16-,20-17-,21-18-,28-25-,29-26-,30-27-,37-34-,38-35-. The maximum absolute atomic E-state index is 12.9. The normalized spacial score (nSPS) is 15.2. The molecule has 16 nitrogen and oxygen atoms in total. The van der Waals surface area contributed by atoms with Crippen molar-refractivity contribution in [2.75, 3.05) is 39.6 Å². The minimum atomic E-state index is -4.94. The molecule has 0 aliphatic rings. The predicted octanol–water partition coefficient (Wildman–Crippen LogP) is 17.6. The highest BCUT2D eigenvalue weighted by atomic mass is 31.2. The van der Waals surface area contributed by atoms with Gasteiger partial charge in [-0.2, -0.15) is 0 Å². The molecular weight excluding hydrogens is 1150 g/mol. The van der Waals surface area contributed by atoms with Crippen LogP contribution in [0.1, 0.15) is 226 Å². The molecule has 0 aliphatic heterocycles. The second kappa shape index (κ2) is 61.9. The molecule has 87 heavy (non-hydrogen) atoms. The smallest absolute Gasteiger partial charge is 0.463 e. The molecule has 0 aromatic carbocycles. The molecule has 0 amide bonds. The average Bonchev–Trinajstić information content (AvgIpc) is 3.59. The van der Waals surface area contributed by atoms with E-state index in [1.807, 2.05) is 0 Å². The van der Waals surface area contributed by atoms with E-state index in [9.17, 15) is 43.5 Å². The maximum Gasteiger partial charge on any atom is 0.472 e. The molecule has 0 saturated heterocycles. The van der Waals surface area contributed by atoms with Crippen LogP contribution in [0.2, 0.25) is 0 Å². The SMILES string of the molecule is CC/C=C\C/C=C\C/C=C\C/C=C\CCCCCCC(=O)OCC(O)COP(=O)(O)OCC(O)COP(=O)(O)OCC(COC(=O)CCCCCC/C=C\C/C=C\C/C=C\C/C=C\CC)OC(=O)CCCCCCCCC/C=C\C/C=C\C/C=C\CC. The lowest BCUT2D eigenvalue weighted by Crippen LogP contribution is -2.30. The van der Waals surface area contributed by atoms with Gasteiger partial charge in [-0.3, -0.25) is 32.5 Å². The van der Waals surface area contributed by atoms with Crippen LogP contribution in [0, 0.1) is 0 Å². The highest BCUT2D eigenvalue weighted by Crippen LogP contribution is 2.45. The molecule has 5 unspecified atom stereocenters. The number of carbonyl (C=O) groups is 3. The first-order chi connectivity index (χ1) is 42.2. The van der Waals surface area contributed by atoms with Gasteiger partial charge >= 0.3 is 33.6 Å². The molecule has 0 aromatic heterocycles. The van der Waals surface area contributed by atoms with Gasteiger partial charge in [0.15, 0.2) is 6.10 Å². The lowest BCUT2D eigenvalue weighted by Gasteiger charge is -2.21. The fourth-order valence-corrected chi connectivity index (χ4v) is 9.56. The highest BCUT2D eigenvalue weighted by molar-refractivity contribution is 7.47. The van der Waals surface area contributed by atoms with Crippen LogP contribution >= 0.6 is 15.6 Å². The first kappa shape index (κ1) is 82.7. The Morgan fingerprint density at radius 2 is 0.575 bits per heavy atom. The van der Waals surface area contributed by atoms with E-state index in [4.69, 9.17) is 32.3 Å². The first-order valence-electron chi connectivity index (χ1n) is 32.5. The number of hydrogen-bond donors (Lipinski definition) is 4. The molecule has 0 bridgehead atoms. The fraction of sp³-hybridized carbons (Fsp3) is 0.638. The molecule has 0 rings (SSSR count). The number of unbranched alkanes of at least 4 members (excludes halogenated alkanes) is 15. The zero-order valence-electron chi connectivity index (χ0n) is 53.4. The molecule has 0 heterocycles. The van der Waals surface area contributed by atoms with E-state index in [1.165, 1.54) is 0 Å². The number of carbonyl (C=O) groups excluding carboxylic acids is 3. The third-order valence-electron chi connectivity index (χ3n) is 12.9. The summed E-state index contributed by atoms with van der Waals surface area (Å²) in [6.45, 7) is 2.23. The van der Waals surface area contributed by atoms with Crippen LogP contribution in [0.5, 0.6) is 0 Å². The van der Waals surface area contributed by atoms with Crippen molar-refractivity contribution in [3.63, 3.8) is 0 Å². The van der Waals surface area contributed by atoms with Gasteiger partial charge < -0.3 is 34.2 Å². The van der Waals surface area contributed by atoms with Crippen molar-refractivity contribution in [1.29, 1.82) is 0 Å². The van der Waals surface area contributed by atoms with Gasteiger partial charge in [-0.05, 0) is 128 Å². The third-order valence-corrected chi connectivity index (χ3v) is 14.8. The largest absolute Gasteiger partial charge is 0.472 e. The number of aliphatic hydroxyl groups is 2. The number of phosphoric acid groups is 2. The zero-order chi connectivity index (χ0) is 63.8. The number of allylic oxidation sites excluding steroid dienone is 22. The second-order valence-corrected chi connectivity index (χ2v) is 24.0. The lowest BCUT2D eigenvalue weighted by molar-refractivity contribution is -0.161. The fourth-order valence-electron chi connectivity index (χ4n) is 7.98. The van der Waals surface area contributed by atoms with Crippen LogP contribution in [0.4, 0.5) is 0 Å². The van der Waals surface area contributed by atoms with Crippen LogP contribution in [0.3, 0.4) is 0 Å². The Hall–Kier alpha value is -4.31. The summed E-state index contributed by atoms with van der Waals surface area (Å²) in [5.74, 6) is -1.65. The number of ether oxygens (including phenoxy) is 3. The number of rotatable bonds is 60. The summed E-state index contributed by atoms with van der Waals surface area (Å²) in [5.41, 5.74) is 0. The average molecular weight is 1260 g/mol. The third kappa shape index (κ3) is 63.1. The van der Waals surface area contributed by atoms with Crippen molar-refractivity contribution in [3.05, 3.63) is 134 Å². The molecule has 0 aliphatic carbocycles. The molecule has 0 fully saturated rings. The molecule has 0 aromatic rings. The Morgan fingerprint density at radius 3 is 0.908 bits per heavy atom. The summed E-state index contributed by atoms with van der Waals surface area (Å²) < 4.78 is 60.8. The Morgan fingerprint density at radius 1 is 0.322 bits per heavy atom. The van der Waals surface area contributed by atoms with Crippen molar-refractivity contribution in [2.45, 2.75) is 245 Å². The van der Waals surface area contributed by atoms with Crippen LogP contribution in [0.25, 0.3) is 0 Å². The van der Waals surface area contributed by atoms with Gasteiger partial charge in [0.1, 0.15) is 25.4 Å². The highest BCUT2D eigenvalue weighted by Gasteiger charge is 2.29. The molecule has 4 N–H and O–H groups in total. The van der Waals surface area contributed by atoms with Crippen LogP contribution in [-0.2, 0) is 55.8 Å². The predicted molar refractivity (Wildman–Crippen MR) is 353 cm³/mol. The van der Waals surface area contributed by atoms with Gasteiger partial charge in [0.2, 0.25) is 0 Å². The number of hydrogen-bond acceptors (Lipinski definition) is 14.